The molecular formula is C12H21N3O2. The first-order valence-electron chi connectivity index (χ1n) is 6.06. The minimum atomic E-state index is -0.403. The van der Waals surface area contributed by atoms with Gasteiger partial charge in [0.05, 0.1) is 6.04 Å². The van der Waals surface area contributed by atoms with Crippen LogP contribution in [0.5, 0.6) is 0 Å². The van der Waals surface area contributed by atoms with E-state index in [9.17, 15) is 0 Å². The molecule has 96 valence electrons. The molecule has 2 heterocycles. The van der Waals surface area contributed by atoms with E-state index in [-0.39, 0.29) is 11.5 Å². The van der Waals surface area contributed by atoms with Gasteiger partial charge in [0, 0.05) is 6.61 Å². The second kappa shape index (κ2) is 4.07. The van der Waals surface area contributed by atoms with Gasteiger partial charge in [-0.3, -0.25) is 0 Å². The summed E-state index contributed by atoms with van der Waals surface area (Å²) in [7, 11) is 0. The molecule has 5 heteroatoms. The monoisotopic (exact) mass is 239 g/mol. The van der Waals surface area contributed by atoms with E-state index in [4.69, 9.17) is 15.0 Å². The highest BCUT2D eigenvalue weighted by Crippen LogP contribution is 2.35. The molecule has 1 aliphatic heterocycles. The first-order valence-corrected chi connectivity index (χ1v) is 6.06. The molecule has 0 aromatic carbocycles. The molecule has 0 saturated carbocycles. The van der Waals surface area contributed by atoms with Gasteiger partial charge in [0.15, 0.2) is 0 Å². The van der Waals surface area contributed by atoms with Gasteiger partial charge in [0.1, 0.15) is 5.60 Å². The number of nitrogens with two attached hydrogens (primary N) is 1. The maximum Gasteiger partial charge on any atom is 0.244 e. The van der Waals surface area contributed by atoms with Gasteiger partial charge in [-0.15, -0.1) is 0 Å². The van der Waals surface area contributed by atoms with Crippen LogP contribution in [0.25, 0.3) is 0 Å². The van der Waals surface area contributed by atoms with Gasteiger partial charge in [-0.25, -0.2) is 0 Å². The minimum Gasteiger partial charge on any atom is -0.367 e. The van der Waals surface area contributed by atoms with Crippen LogP contribution in [-0.2, 0) is 10.3 Å². The van der Waals surface area contributed by atoms with Crippen molar-refractivity contribution in [1.82, 2.24) is 10.1 Å². The summed E-state index contributed by atoms with van der Waals surface area (Å²) < 4.78 is 10.9. The van der Waals surface area contributed by atoms with Crippen molar-refractivity contribution >= 4 is 0 Å². The number of rotatable bonds is 2. The standard InChI is InChI=1S/C12H21N3O2/c1-11(2,3)8(13)9-14-10(15-17-9)12(4)6-5-7-16-12/h8H,5-7,13H2,1-4H3/t8-,12?/m1/s1. The third-order valence-corrected chi connectivity index (χ3v) is 3.33. The van der Waals surface area contributed by atoms with Crippen LogP contribution in [0.1, 0.15) is 58.3 Å². The third kappa shape index (κ3) is 2.35. The van der Waals surface area contributed by atoms with Crippen molar-refractivity contribution in [3.63, 3.8) is 0 Å². The first kappa shape index (κ1) is 12.5. The van der Waals surface area contributed by atoms with Crippen LogP contribution in [0.3, 0.4) is 0 Å². The predicted molar refractivity (Wildman–Crippen MR) is 63.2 cm³/mol. The maximum atomic E-state index is 6.09. The molecule has 0 aliphatic carbocycles. The van der Waals surface area contributed by atoms with Crippen LogP contribution in [0.4, 0.5) is 0 Å². The van der Waals surface area contributed by atoms with Crippen molar-refractivity contribution in [1.29, 1.82) is 0 Å². The summed E-state index contributed by atoms with van der Waals surface area (Å²) >= 11 is 0. The van der Waals surface area contributed by atoms with Crippen molar-refractivity contribution in [2.75, 3.05) is 6.61 Å². The smallest absolute Gasteiger partial charge is 0.244 e. The van der Waals surface area contributed by atoms with Crippen LogP contribution in [0.2, 0.25) is 0 Å². The second-order valence-corrected chi connectivity index (χ2v) is 5.98. The van der Waals surface area contributed by atoms with Crippen molar-refractivity contribution in [3.8, 4) is 0 Å². The van der Waals surface area contributed by atoms with Gasteiger partial charge in [0.2, 0.25) is 11.7 Å². The molecular weight excluding hydrogens is 218 g/mol. The highest BCUT2D eigenvalue weighted by molar-refractivity contribution is 5.04. The van der Waals surface area contributed by atoms with Crippen molar-refractivity contribution in [2.24, 2.45) is 11.1 Å². The number of hydrogen-bond donors (Lipinski definition) is 1. The summed E-state index contributed by atoms with van der Waals surface area (Å²) in [5, 5.41) is 4.01. The third-order valence-electron chi connectivity index (χ3n) is 3.33. The summed E-state index contributed by atoms with van der Waals surface area (Å²) in [6, 6.07) is -0.256. The number of nitrogens with zero attached hydrogens (tertiary/aromatic N) is 2. The van der Waals surface area contributed by atoms with Gasteiger partial charge in [-0.05, 0) is 25.2 Å². The zero-order valence-electron chi connectivity index (χ0n) is 11.0. The Balaban J connectivity index is 2.21. The molecule has 1 aromatic heterocycles. The Labute approximate surface area is 102 Å². The summed E-state index contributed by atoms with van der Waals surface area (Å²) in [4.78, 5) is 4.40. The quantitative estimate of drug-likeness (QED) is 0.855. The minimum absolute atomic E-state index is 0.0960. The second-order valence-electron chi connectivity index (χ2n) is 5.98. The molecule has 2 rings (SSSR count). The topological polar surface area (TPSA) is 74.2 Å². The molecule has 1 unspecified atom stereocenters. The average molecular weight is 239 g/mol. The van der Waals surface area contributed by atoms with Gasteiger partial charge >= 0.3 is 0 Å². The predicted octanol–water partition coefficient (Wildman–Crippen LogP) is 2.14. The van der Waals surface area contributed by atoms with E-state index >= 15 is 0 Å². The van der Waals surface area contributed by atoms with E-state index in [0.29, 0.717) is 11.7 Å². The molecule has 1 aliphatic rings. The van der Waals surface area contributed by atoms with Gasteiger partial charge in [-0.2, -0.15) is 4.98 Å². The van der Waals surface area contributed by atoms with E-state index < -0.39 is 5.60 Å². The number of aromatic nitrogens is 2. The van der Waals surface area contributed by atoms with Crippen molar-refractivity contribution in [2.45, 2.75) is 52.2 Å². The Hall–Kier alpha value is -0.940. The van der Waals surface area contributed by atoms with Crippen LogP contribution in [0.15, 0.2) is 4.52 Å². The number of hydrogen-bond acceptors (Lipinski definition) is 5. The Morgan fingerprint density at radius 1 is 1.41 bits per heavy atom. The molecule has 1 saturated heterocycles. The molecule has 0 radical (unpaired) electrons. The molecule has 2 N–H and O–H groups in total. The molecule has 0 spiro atoms. The van der Waals surface area contributed by atoms with Crippen LogP contribution < -0.4 is 5.73 Å². The molecule has 17 heavy (non-hydrogen) atoms. The molecule has 1 aromatic rings. The fourth-order valence-corrected chi connectivity index (χ4v) is 1.90. The Morgan fingerprint density at radius 3 is 2.65 bits per heavy atom. The molecule has 2 atom stereocenters. The summed E-state index contributed by atoms with van der Waals surface area (Å²) in [5.41, 5.74) is 5.59. The first-order chi connectivity index (χ1) is 7.83. The van der Waals surface area contributed by atoms with Crippen LogP contribution >= 0.6 is 0 Å². The molecule has 1 fully saturated rings. The summed E-state index contributed by atoms with van der Waals surface area (Å²) in [6.45, 7) is 8.91. The van der Waals surface area contributed by atoms with Gasteiger partial charge in [-0.1, -0.05) is 25.9 Å². The highest BCUT2D eigenvalue weighted by atomic mass is 16.5. The fourth-order valence-electron chi connectivity index (χ4n) is 1.90. The zero-order chi connectivity index (χ0) is 12.7. The van der Waals surface area contributed by atoms with E-state index in [1.165, 1.54) is 0 Å². The van der Waals surface area contributed by atoms with E-state index in [1.54, 1.807) is 0 Å². The lowest BCUT2D eigenvalue weighted by Gasteiger charge is -2.23. The summed E-state index contributed by atoms with van der Waals surface area (Å²) in [5.74, 6) is 1.11. The van der Waals surface area contributed by atoms with Crippen molar-refractivity contribution in [3.05, 3.63) is 11.7 Å². The van der Waals surface area contributed by atoms with E-state index in [1.807, 2.05) is 6.92 Å². The van der Waals surface area contributed by atoms with E-state index in [2.05, 4.69) is 30.9 Å². The fraction of sp³-hybridized carbons (Fsp3) is 0.833. The summed E-state index contributed by atoms with van der Waals surface area (Å²) in [6.07, 6.45) is 1.96. The van der Waals surface area contributed by atoms with Gasteiger partial charge < -0.3 is 15.0 Å². The lowest BCUT2D eigenvalue weighted by atomic mass is 9.87. The van der Waals surface area contributed by atoms with Crippen LogP contribution in [0, 0.1) is 5.41 Å². The molecule has 0 amide bonds. The molecule has 5 nitrogen and oxygen atoms in total. The normalized spacial score (nSPS) is 27.4. The molecule has 0 bridgehead atoms. The SMILES string of the molecule is CC1(c2noc([C@@H](N)C(C)(C)C)n2)CCCO1. The van der Waals surface area contributed by atoms with E-state index in [0.717, 1.165) is 19.4 Å². The maximum absolute atomic E-state index is 6.09. The lowest BCUT2D eigenvalue weighted by Crippen LogP contribution is -2.27. The van der Waals surface area contributed by atoms with Crippen LogP contribution in [-0.4, -0.2) is 16.7 Å². The Morgan fingerprint density at radius 2 is 2.12 bits per heavy atom. The zero-order valence-corrected chi connectivity index (χ0v) is 11.0. The van der Waals surface area contributed by atoms with Gasteiger partial charge in [0.25, 0.3) is 0 Å². The lowest BCUT2D eigenvalue weighted by molar-refractivity contribution is 0.00768. The Kier molecular flexibility index (Phi) is 2.99. The van der Waals surface area contributed by atoms with Crippen molar-refractivity contribution < 1.29 is 9.26 Å². The largest absolute Gasteiger partial charge is 0.367 e. The highest BCUT2D eigenvalue weighted by Gasteiger charge is 2.38. The Bertz CT molecular complexity index is 389. The average Bonchev–Trinajstić information content (AvgIpc) is 2.84. The number of ether oxygens (including phenoxy) is 1.